The molecule has 3 aromatic carbocycles. The Balaban J connectivity index is 1.53. The average molecular weight is 396 g/mol. The van der Waals surface area contributed by atoms with Crippen molar-refractivity contribution in [3.8, 4) is 0 Å². The molecule has 0 aliphatic heterocycles. The molecule has 0 radical (unpaired) electrons. The van der Waals surface area contributed by atoms with Crippen LogP contribution in [0.15, 0.2) is 72.8 Å². The minimum atomic E-state index is -3.51. The van der Waals surface area contributed by atoms with Crippen LogP contribution in [-0.4, -0.2) is 28.3 Å². The number of hydrogen-bond donors (Lipinski definition) is 2. The standard InChI is InChI=1S/C23H25O4P/c24-23(25)22(20-10-2-1-3-11-20)17-28(26,27)15-7-6-8-18-13-14-19-9-4-5-12-21(19)16-18/h1-5,9-14,16,22H,6-8,15,17H2,(H,24,25)(H,26,27). The number of rotatable bonds is 9. The third-order valence-corrected chi connectivity index (χ3v) is 6.96. The summed E-state index contributed by atoms with van der Waals surface area (Å²) in [7, 11) is -3.51. The largest absolute Gasteiger partial charge is 0.481 e. The van der Waals surface area contributed by atoms with Gasteiger partial charge in [0.15, 0.2) is 0 Å². The first-order valence-corrected chi connectivity index (χ1v) is 11.5. The second-order valence-corrected chi connectivity index (χ2v) is 9.70. The van der Waals surface area contributed by atoms with Gasteiger partial charge in [0.25, 0.3) is 0 Å². The van der Waals surface area contributed by atoms with Gasteiger partial charge in [0.05, 0.1) is 5.92 Å². The van der Waals surface area contributed by atoms with Gasteiger partial charge in [-0.3, -0.25) is 9.36 Å². The smallest absolute Gasteiger partial charge is 0.311 e. The summed E-state index contributed by atoms with van der Waals surface area (Å²) in [6.07, 6.45) is 2.17. The first-order chi connectivity index (χ1) is 13.4. The molecule has 2 unspecified atom stereocenters. The van der Waals surface area contributed by atoms with Crippen LogP contribution in [0.2, 0.25) is 0 Å². The van der Waals surface area contributed by atoms with E-state index >= 15 is 0 Å². The first kappa shape index (κ1) is 20.3. The summed E-state index contributed by atoms with van der Waals surface area (Å²) in [5.41, 5.74) is 1.78. The molecular formula is C23H25O4P. The summed E-state index contributed by atoms with van der Waals surface area (Å²) in [6, 6.07) is 23.2. The van der Waals surface area contributed by atoms with Crippen molar-refractivity contribution in [2.45, 2.75) is 25.2 Å². The Labute approximate surface area is 165 Å². The van der Waals surface area contributed by atoms with Gasteiger partial charge in [-0.2, -0.15) is 0 Å². The van der Waals surface area contributed by atoms with Gasteiger partial charge in [-0.25, -0.2) is 0 Å². The SMILES string of the molecule is O=C(O)C(CP(=O)(O)CCCCc1ccc2ccccc2c1)c1ccccc1. The normalized spacial score (nSPS) is 14.5. The molecule has 0 aliphatic rings. The first-order valence-electron chi connectivity index (χ1n) is 9.51. The summed E-state index contributed by atoms with van der Waals surface area (Å²) >= 11 is 0. The number of carboxylic acids is 1. The summed E-state index contributed by atoms with van der Waals surface area (Å²) in [5.74, 6) is -2.01. The van der Waals surface area contributed by atoms with E-state index < -0.39 is 19.3 Å². The number of hydrogen-bond acceptors (Lipinski definition) is 2. The molecule has 0 bridgehead atoms. The molecule has 4 nitrogen and oxygen atoms in total. The molecule has 146 valence electrons. The molecule has 2 atom stereocenters. The van der Waals surface area contributed by atoms with E-state index in [1.165, 1.54) is 16.3 Å². The Bertz CT molecular complexity index is 984. The lowest BCUT2D eigenvalue weighted by Gasteiger charge is -2.17. The molecule has 0 saturated heterocycles. The molecule has 0 amide bonds. The number of benzene rings is 3. The third kappa shape index (κ3) is 5.54. The summed E-state index contributed by atoms with van der Waals surface area (Å²) < 4.78 is 12.6. The molecule has 2 N–H and O–H groups in total. The Kier molecular flexibility index (Phi) is 6.66. The number of fused-ring (bicyclic) bond motifs is 1. The molecule has 0 aromatic heterocycles. The van der Waals surface area contributed by atoms with Crippen molar-refractivity contribution in [2.75, 3.05) is 12.3 Å². The third-order valence-electron chi connectivity index (χ3n) is 5.00. The molecule has 0 spiro atoms. The second kappa shape index (κ2) is 9.18. The number of carboxylic acid groups (broad SMARTS) is 1. The van der Waals surface area contributed by atoms with Crippen LogP contribution in [0.4, 0.5) is 0 Å². The maximum absolute atomic E-state index is 12.6. The van der Waals surface area contributed by atoms with Crippen LogP contribution in [0.5, 0.6) is 0 Å². The van der Waals surface area contributed by atoms with Crippen LogP contribution >= 0.6 is 7.37 Å². The molecule has 0 saturated carbocycles. The lowest BCUT2D eigenvalue weighted by Crippen LogP contribution is -2.17. The Hall–Kier alpha value is -2.42. The number of unbranched alkanes of at least 4 members (excludes halogenated alkanes) is 1. The van der Waals surface area contributed by atoms with Gasteiger partial charge in [0.1, 0.15) is 0 Å². The van der Waals surface area contributed by atoms with E-state index in [-0.39, 0.29) is 12.3 Å². The Morgan fingerprint density at radius 1 is 0.893 bits per heavy atom. The molecule has 28 heavy (non-hydrogen) atoms. The van der Waals surface area contributed by atoms with Crippen LogP contribution in [-0.2, 0) is 15.8 Å². The van der Waals surface area contributed by atoms with Gasteiger partial charge in [-0.1, -0.05) is 72.8 Å². The van der Waals surface area contributed by atoms with E-state index in [1.54, 1.807) is 30.3 Å². The highest BCUT2D eigenvalue weighted by Gasteiger charge is 2.29. The maximum Gasteiger partial charge on any atom is 0.311 e. The predicted octanol–water partition coefficient (Wildman–Crippen LogP) is 5.30. The van der Waals surface area contributed by atoms with E-state index in [2.05, 4.69) is 30.3 Å². The van der Waals surface area contributed by atoms with Gasteiger partial charge in [0.2, 0.25) is 7.37 Å². The lowest BCUT2D eigenvalue weighted by atomic mass is 10.0. The zero-order chi connectivity index (χ0) is 20.0. The number of carbonyl (C=O) groups is 1. The summed E-state index contributed by atoms with van der Waals surface area (Å²) in [6.45, 7) is 0. The van der Waals surface area contributed by atoms with Gasteiger partial charge >= 0.3 is 5.97 Å². The van der Waals surface area contributed by atoms with E-state index in [1.807, 2.05) is 12.1 Å². The number of aliphatic carboxylic acids is 1. The van der Waals surface area contributed by atoms with Gasteiger partial charge in [-0.15, -0.1) is 0 Å². The van der Waals surface area contributed by atoms with Gasteiger partial charge in [0, 0.05) is 12.3 Å². The highest BCUT2D eigenvalue weighted by Crippen LogP contribution is 2.45. The van der Waals surface area contributed by atoms with Crippen LogP contribution < -0.4 is 0 Å². The van der Waals surface area contributed by atoms with Gasteiger partial charge in [-0.05, 0) is 41.2 Å². The minimum Gasteiger partial charge on any atom is -0.481 e. The van der Waals surface area contributed by atoms with E-state index in [0.29, 0.717) is 12.0 Å². The van der Waals surface area contributed by atoms with Crippen molar-refractivity contribution < 1.29 is 19.4 Å². The number of aryl methyl sites for hydroxylation is 1. The lowest BCUT2D eigenvalue weighted by molar-refractivity contribution is -0.138. The van der Waals surface area contributed by atoms with Crippen LogP contribution in [0.25, 0.3) is 10.8 Å². The average Bonchev–Trinajstić information content (AvgIpc) is 2.70. The fraction of sp³-hybridized carbons (Fsp3) is 0.261. The highest BCUT2D eigenvalue weighted by atomic mass is 31.2. The van der Waals surface area contributed by atoms with Crippen molar-refractivity contribution in [1.29, 1.82) is 0 Å². The summed E-state index contributed by atoms with van der Waals surface area (Å²) in [4.78, 5) is 21.9. The van der Waals surface area contributed by atoms with Crippen molar-refractivity contribution in [1.82, 2.24) is 0 Å². The summed E-state index contributed by atoms with van der Waals surface area (Å²) in [5, 5.41) is 11.9. The fourth-order valence-electron chi connectivity index (χ4n) is 3.47. The molecule has 3 aromatic rings. The predicted molar refractivity (Wildman–Crippen MR) is 113 cm³/mol. The second-order valence-electron chi connectivity index (χ2n) is 7.19. The zero-order valence-corrected chi connectivity index (χ0v) is 16.6. The zero-order valence-electron chi connectivity index (χ0n) is 15.7. The Morgan fingerprint density at radius 2 is 1.57 bits per heavy atom. The molecule has 3 rings (SSSR count). The van der Waals surface area contributed by atoms with Crippen molar-refractivity contribution in [3.05, 3.63) is 83.9 Å². The monoisotopic (exact) mass is 396 g/mol. The van der Waals surface area contributed by atoms with Crippen molar-refractivity contribution in [2.24, 2.45) is 0 Å². The van der Waals surface area contributed by atoms with Crippen LogP contribution in [0.1, 0.15) is 29.9 Å². The quantitative estimate of drug-likeness (QED) is 0.380. The molecule has 0 fully saturated rings. The molecule has 5 heteroatoms. The van der Waals surface area contributed by atoms with E-state index in [0.717, 1.165) is 12.8 Å². The topological polar surface area (TPSA) is 74.6 Å². The van der Waals surface area contributed by atoms with Crippen molar-refractivity contribution >= 4 is 24.1 Å². The Morgan fingerprint density at radius 3 is 2.29 bits per heavy atom. The van der Waals surface area contributed by atoms with Crippen molar-refractivity contribution in [3.63, 3.8) is 0 Å². The van der Waals surface area contributed by atoms with Crippen LogP contribution in [0.3, 0.4) is 0 Å². The van der Waals surface area contributed by atoms with E-state index in [9.17, 15) is 19.4 Å². The molecular weight excluding hydrogens is 371 g/mol. The molecule has 0 aliphatic carbocycles. The fourth-order valence-corrected chi connectivity index (χ4v) is 5.31. The van der Waals surface area contributed by atoms with E-state index in [4.69, 9.17) is 0 Å². The highest BCUT2D eigenvalue weighted by molar-refractivity contribution is 7.58. The minimum absolute atomic E-state index is 0.150. The maximum atomic E-state index is 12.6. The molecule has 0 heterocycles. The van der Waals surface area contributed by atoms with Gasteiger partial charge < -0.3 is 10.00 Å². The van der Waals surface area contributed by atoms with Crippen LogP contribution in [0, 0.1) is 0 Å².